The molecule has 5 aromatic carbocycles. The van der Waals surface area contributed by atoms with E-state index in [1.165, 1.54) is 11.1 Å². The van der Waals surface area contributed by atoms with Crippen molar-refractivity contribution in [3.8, 4) is 62.1 Å². The maximum atomic E-state index is 12.0. The van der Waals surface area contributed by atoms with E-state index in [9.17, 15) is 24.4 Å². The Hall–Kier alpha value is -4.44. The van der Waals surface area contributed by atoms with E-state index in [2.05, 4.69) is 165 Å². The van der Waals surface area contributed by atoms with Gasteiger partial charge in [-0.15, -0.1) is 0 Å². The van der Waals surface area contributed by atoms with Gasteiger partial charge in [0.15, 0.2) is 0 Å². The molecule has 0 saturated heterocycles. The minimum absolute atomic E-state index is 0.135. The molecule has 5 aromatic rings. The van der Waals surface area contributed by atoms with E-state index in [1.807, 2.05) is 36.4 Å². The molecule has 13 heteroatoms. The summed E-state index contributed by atoms with van der Waals surface area (Å²) in [5.74, 6) is 1.98. The summed E-state index contributed by atoms with van der Waals surface area (Å²) in [6.45, 7) is 39.5. The second-order valence-corrected chi connectivity index (χ2v) is 26.2. The minimum Gasteiger partial charge on any atom is -0.508 e. The summed E-state index contributed by atoms with van der Waals surface area (Å²) in [6.07, 6.45) is 0. The van der Waals surface area contributed by atoms with Crippen molar-refractivity contribution in [3.63, 3.8) is 0 Å². The lowest BCUT2D eigenvalue weighted by Gasteiger charge is -2.34. The highest BCUT2D eigenvalue weighted by Crippen LogP contribution is 2.55. The lowest BCUT2D eigenvalue weighted by molar-refractivity contribution is 0.225. The van der Waals surface area contributed by atoms with Crippen molar-refractivity contribution in [2.75, 3.05) is 0 Å². The normalized spacial score (nSPS) is 13.3. The molecule has 0 heterocycles. The predicted octanol–water partition coefficient (Wildman–Crippen LogP) is 14.6. The highest BCUT2D eigenvalue weighted by atomic mass is 31.3. The molecular weight excluding hydrogens is 887 g/mol. The van der Waals surface area contributed by atoms with Crippen LogP contribution in [0.15, 0.2) is 78.9 Å². The van der Waals surface area contributed by atoms with E-state index in [0.29, 0.717) is 17.1 Å². The zero-order valence-corrected chi connectivity index (χ0v) is 44.5. The predicted molar refractivity (Wildman–Crippen MR) is 272 cm³/mol. The van der Waals surface area contributed by atoms with Crippen LogP contribution in [0.2, 0.25) is 0 Å². The molecule has 0 atom stereocenters. The van der Waals surface area contributed by atoms with Gasteiger partial charge in [-0.3, -0.25) is 0 Å². The van der Waals surface area contributed by atoms with Crippen LogP contribution in [0.3, 0.4) is 0 Å². The van der Waals surface area contributed by atoms with Crippen molar-refractivity contribution in [1.82, 2.24) is 0 Å². The summed E-state index contributed by atoms with van der Waals surface area (Å²) >= 11 is 0. The van der Waals surface area contributed by atoms with Crippen molar-refractivity contribution < 1.29 is 53.1 Å². The Balaban J connectivity index is 0.000000984. The number of rotatable bonds is 7. The second kappa shape index (κ2) is 18.8. The second-order valence-electron chi connectivity index (χ2n) is 23.6. The van der Waals surface area contributed by atoms with Gasteiger partial charge >= 0.3 is 15.6 Å². The van der Waals surface area contributed by atoms with Gasteiger partial charge in [0.05, 0.1) is 5.56 Å². The minimum atomic E-state index is -5.05. The molecule has 7 N–H and O–H groups in total. The Bertz CT molecular complexity index is 2700. The van der Waals surface area contributed by atoms with Crippen LogP contribution in [-0.2, 0) is 45.9 Å². The SMILES string of the molecule is CC(C)(C)c1cc(-c2c(C(C)(C)C)ccc(Oc3cccc(O)c3-c3ccc(C(C)(C)C)c(-c4ccc(O)c(C(C)(C)C)c4)c3C(C)(C)C)c2C(C)(C)C)ccc1O.O=P(O)(O)OP(=O)(O)O. The lowest BCUT2D eigenvalue weighted by Crippen LogP contribution is -2.21. The fourth-order valence-corrected chi connectivity index (χ4v) is 9.68. The molecule has 5 rings (SSSR count). The summed E-state index contributed by atoms with van der Waals surface area (Å²) in [5, 5.41) is 34.1. The molecule has 0 aliphatic heterocycles. The third kappa shape index (κ3) is 13.4. The quantitative estimate of drug-likeness (QED) is 0.0767. The number of hydrogen-bond acceptors (Lipinski definition) is 7. The van der Waals surface area contributed by atoms with E-state index >= 15 is 0 Å². The molecular formula is C54H74O11P2. The summed E-state index contributed by atoms with van der Waals surface area (Å²) in [7, 11) is -10.1. The standard InChI is InChI=1S/C54H70O4.H4O7P2/c1-49(2,3)35-25-24-34(47(53(13,14)15)44(35)32-22-27-39(55)37(30-32)51(7,8)9)46-41(57)20-19-21-42(46)58-43-29-26-36(50(4,5)6)45(48(43)54(16,17)18)33-23-28-40(56)38(31-33)52(10,11)12;1-8(2,3)7-9(4,5)6/h19-31,55-57H,1-18H3;(H2,1,2,3)(H2,4,5,6). The summed E-state index contributed by atoms with van der Waals surface area (Å²) in [5.41, 5.74) is 10.4. The zero-order valence-electron chi connectivity index (χ0n) is 42.7. The van der Waals surface area contributed by atoms with E-state index in [1.54, 1.807) is 6.07 Å². The maximum Gasteiger partial charge on any atom is 0.478 e. The van der Waals surface area contributed by atoms with Crippen LogP contribution in [-0.4, -0.2) is 34.9 Å². The van der Waals surface area contributed by atoms with Gasteiger partial charge in [-0.05, 0) is 131 Å². The molecule has 67 heavy (non-hydrogen) atoms. The molecule has 0 aliphatic rings. The van der Waals surface area contributed by atoms with Crippen LogP contribution in [0.5, 0.6) is 28.7 Å². The van der Waals surface area contributed by atoms with Gasteiger partial charge in [0.1, 0.15) is 28.7 Å². The van der Waals surface area contributed by atoms with Crippen LogP contribution in [0, 0.1) is 0 Å². The zero-order chi connectivity index (χ0) is 51.4. The third-order valence-corrected chi connectivity index (χ3v) is 13.1. The average Bonchev–Trinajstić information content (AvgIpc) is 3.11. The van der Waals surface area contributed by atoms with Crippen molar-refractivity contribution >= 4 is 15.6 Å². The van der Waals surface area contributed by atoms with E-state index in [-0.39, 0.29) is 49.7 Å². The van der Waals surface area contributed by atoms with E-state index in [0.717, 1.165) is 50.1 Å². The average molecular weight is 961 g/mol. The number of phenols is 3. The maximum absolute atomic E-state index is 12.0. The Labute approximate surface area is 398 Å². The van der Waals surface area contributed by atoms with Crippen LogP contribution in [0.4, 0.5) is 0 Å². The molecule has 0 fully saturated rings. The fourth-order valence-electron chi connectivity index (χ4n) is 8.57. The van der Waals surface area contributed by atoms with Gasteiger partial charge in [-0.25, -0.2) is 9.13 Å². The van der Waals surface area contributed by atoms with Crippen LogP contribution < -0.4 is 4.74 Å². The highest BCUT2D eigenvalue weighted by molar-refractivity contribution is 7.60. The molecule has 366 valence electrons. The topological polar surface area (TPSA) is 194 Å². The van der Waals surface area contributed by atoms with Gasteiger partial charge in [-0.2, -0.15) is 4.31 Å². The number of phosphoric acid groups is 2. The Kier molecular flexibility index (Phi) is 15.5. The molecule has 0 bridgehead atoms. The van der Waals surface area contributed by atoms with Crippen molar-refractivity contribution in [3.05, 3.63) is 112 Å². The van der Waals surface area contributed by atoms with Crippen molar-refractivity contribution in [2.45, 2.75) is 157 Å². The first-order chi connectivity index (χ1) is 30.0. The monoisotopic (exact) mass is 960 g/mol. The largest absolute Gasteiger partial charge is 0.508 e. The Morgan fingerprint density at radius 3 is 1.13 bits per heavy atom. The van der Waals surface area contributed by atoms with Crippen molar-refractivity contribution in [2.24, 2.45) is 0 Å². The molecule has 0 unspecified atom stereocenters. The first-order valence-electron chi connectivity index (χ1n) is 22.4. The van der Waals surface area contributed by atoms with Gasteiger partial charge in [0.25, 0.3) is 0 Å². The van der Waals surface area contributed by atoms with Gasteiger partial charge in [0.2, 0.25) is 0 Å². The Morgan fingerprint density at radius 2 is 0.776 bits per heavy atom. The lowest BCUT2D eigenvalue weighted by atomic mass is 9.71. The van der Waals surface area contributed by atoms with Gasteiger partial charge in [-0.1, -0.05) is 161 Å². The summed E-state index contributed by atoms with van der Waals surface area (Å²) in [6, 6.07) is 26.2. The van der Waals surface area contributed by atoms with E-state index in [4.69, 9.17) is 24.3 Å². The van der Waals surface area contributed by atoms with Crippen LogP contribution in [0.25, 0.3) is 33.4 Å². The fraction of sp³-hybridized carbons (Fsp3) is 0.444. The number of ether oxygens (including phenoxy) is 1. The first kappa shape index (κ1) is 55.2. The summed E-state index contributed by atoms with van der Waals surface area (Å²) in [4.78, 5) is 31.0. The molecule has 0 aromatic heterocycles. The summed E-state index contributed by atoms with van der Waals surface area (Å²) < 4.78 is 29.4. The van der Waals surface area contributed by atoms with Gasteiger partial charge < -0.3 is 39.6 Å². The number of aromatic hydroxyl groups is 3. The number of phenolic OH excluding ortho intramolecular Hbond substituents is 3. The van der Waals surface area contributed by atoms with Gasteiger partial charge in [0, 0.05) is 5.56 Å². The molecule has 0 saturated carbocycles. The molecule has 0 amide bonds. The smallest absolute Gasteiger partial charge is 0.478 e. The molecule has 0 aliphatic carbocycles. The molecule has 0 radical (unpaired) electrons. The molecule has 11 nitrogen and oxygen atoms in total. The van der Waals surface area contributed by atoms with Crippen molar-refractivity contribution in [1.29, 1.82) is 0 Å². The first-order valence-corrected chi connectivity index (χ1v) is 25.5. The Morgan fingerprint density at radius 1 is 0.388 bits per heavy atom. The van der Waals surface area contributed by atoms with Crippen LogP contribution in [0.1, 0.15) is 158 Å². The highest BCUT2D eigenvalue weighted by Gasteiger charge is 2.35. The van der Waals surface area contributed by atoms with Crippen LogP contribution >= 0.6 is 15.6 Å². The molecule has 0 spiro atoms. The van der Waals surface area contributed by atoms with E-state index < -0.39 is 15.6 Å². The number of benzene rings is 5. The number of hydrogen-bond donors (Lipinski definition) is 7. The third-order valence-electron chi connectivity index (χ3n) is 11.4.